The molecule has 1 saturated heterocycles. The zero-order valence-corrected chi connectivity index (χ0v) is 9.29. The molecule has 0 radical (unpaired) electrons. The van der Waals surface area contributed by atoms with Gasteiger partial charge in [0, 0.05) is 6.61 Å². The van der Waals surface area contributed by atoms with Crippen molar-refractivity contribution < 1.29 is 14.3 Å². The quantitative estimate of drug-likeness (QED) is 0.739. The first-order valence-electron chi connectivity index (χ1n) is 5.04. The molecule has 82 valence electrons. The van der Waals surface area contributed by atoms with Crippen molar-refractivity contribution in [3.63, 3.8) is 0 Å². The minimum Gasteiger partial charge on any atom is -0.447 e. The highest BCUT2D eigenvalue weighted by Crippen LogP contribution is 2.25. The Balaban J connectivity index is 2.46. The zero-order chi connectivity index (χ0) is 10.8. The van der Waals surface area contributed by atoms with Crippen molar-refractivity contribution in [3.05, 3.63) is 0 Å². The minimum absolute atomic E-state index is 0.0437. The molecular weight excluding hydrogens is 182 g/mol. The second-order valence-electron chi connectivity index (χ2n) is 4.26. The predicted molar refractivity (Wildman–Crippen MR) is 53.2 cm³/mol. The van der Waals surface area contributed by atoms with Crippen molar-refractivity contribution in [1.29, 1.82) is 0 Å². The van der Waals surface area contributed by atoms with Gasteiger partial charge < -0.3 is 14.8 Å². The Morgan fingerprint density at radius 1 is 1.64 bits per heavy atom. The molecule has 1 heterocycles. The molecule has 1 aliphatic heterocycles. The fraction of sp³-hybridized carbons (Fsp3) is 0.900. The number of nitrogens with one attached hydrogen (secondary N) is 1. The number of rotatable bonds is 2. The Hall–Kier alpha value is -0.770. The van der Waals surface area contributed by atoms with E-state index in [1.165, 1.54) is 0 Å². The van der Waals surface area contributed by atoms with Gasteiger partial charge in [-0.15, -0.1) is 0 Å². The SMILES string of the molecule is CC(C)OC(=O)NC1(C)CCOC1C. The number of ether oxygens (including phenoxy) is 2. The van der Waals surface area contributed by atoms with E-state index in [0.717, 1.165) is 6.42 Å². The molecule has 0 aliphatic carbocycles. The van der Waals surface area contributed by atoms with E-state index in [9.17, 15) is 4.79 Å². The first-order chi connectivity index (χ1) is 6.44. The van der Waals surface area contributed by atoms with Gasteiger partial charge in [0.25, 0.3) is 0 Å². The largest absolute Gasteiger partial charge is 0.447 e. The van der Waals surface area contributed by atoms with E-state index < -0.39 is 0 Å². The number of alkyl carbamates (subject to hydrolysis) is 1. The van der Waals surface area contributed by atoms with Crippen molar-refractivity contribution in [3.8, 4) is 0 Å². The van der Waals surface area contributed by atoms with Crippen LogP contribution in [0.5, 0.6) is 0 Å². The molecule has 1 rings (SSSR count). The lowest BCUT2D eigenvalue weighted by atomic mass is 9.95. The Bertz CT molecular complexity index is 217. The molecule has 1 aliphatic rings. The van der Waals surface area contributed by atoms with E-state index >= 15 is 0 Å². The third kappa shape index (κ3) is 2.61. The van der Waals surface area contributed by atoms with Crippen molar-refractivity contribution >= 4 is 6.09 Å². The van der Waals surface area contributed by atoms with Gasteiger partial charge in [-0.05, 0) is 34.1 Å². The molecule has 0 spiro atoms. The lowest BCUT2D eigenvalue weighted by Gasteiger charge is -2.28. The van der Waals surface area contributed by atoms with Crippen LogP contribution in [-0.2, 0) is 9.47 Å². The fourth-order valence-electron chi connectivity index (χ4n) is 1.48. The van der Waals surface area contributed by atoms with Gasteiger partial charge in [0.15, 0.2) is 0 Å². The van der Waals surface area contributed by atoms with Gasteiger partial charge >= 0.3 is 6.09 Å². The molecule has 0 aromatic rings. The van der Waals surface area contributed by atoms with Gasteiger partial charge in [-0.1, -0.05) is 0 Å². The average Bonchev–Trinajstić information content (AvgIpc) is 2.29. The van der Waals surface area contributed by atoms with Crippen LogP contribution in [0.1, 0.15) is 34.1 Å². The molecule has 2 unspecified atom stereocenters. The number of hydrogen-bond donors (Lipinski definition) is 1. The number of carbonyl (C=O) groups is 1. The molecule has 0 saturated carbocycles. The van der Waals surface area contributed by atoms with Crippen LogP contribution in [0, 0.1) is 0 Å². The summed E-state index contributed by atoms with van der Waals surface area (Å²) in [6.07, 6.45) is 0.430. The van der Waals surface area contributed by atoms with Gasteiger partial charge in [-0.3, -0.25) is 0 Å². The summed E-state index contributed by atoms with van der Waals surface area (Å²) in [5, 5.41) is 2.85. The van der Waals surface area contributed by atoms with Crippen LogP contribution in [0.25, 0.3) is 0 Å². The molecule has 2 atom stereocenters. The topological polar surface area (TPSA) is 47.6 Å². The monoisotopic (exact) mass is 201 g/mol. The van der Waals surface area contributed by atoms with Crippen LogP contribution in [0.15, 0.2) is 0 Å². The van der Waals surface area contributed by atoms with Crippen molar-refractivity contribution in [2.45, 2.75) is 51.9 Å². The summed E-state index contributed by atoms with van der Waals surface area (Å²) in [4.78, 5) is 11.4. The molecular formula is C10H19NO3. The highest BCUT2D eigenvalue weighted by atomic mass is 16.6. The van der Waals surface area contributed by atoms with Crippen LogP contribution in [0.2, 0.25) is 0 Å². The molecule has 0 bridgehead atoms. The molecule has 14 heavy (non-hydrogen) atoms. The van der Waals surface area contributed by atoms with E-state index in [1.807, 2.05) is 27.7 Å². The van der Waals surface area contributed by atoms with Crippen LogP contribution in [-0.4, -0.2) is 30.4 Å². The third-order valence-corrected chi connectivity index (χ3v) is 2.62. The van der Waals surface area contributed by atoms with Gasteiger partial charge in [0.05, 0.1) is 17.7 Å². The standard InChI is InChI=1S/C10H19NO3/c1-7(2)14-9(12)11-10(4)5-6-13-8(10)3/h7-8H,5-6H2,1-4H3,(H,11,12). The van der Waals surface area contributed by atoms with Crippen molar-refractivity contribution in [2.24, 2.45) is 0 Å². The van der Waals surface area contributed by atoms with E-state index in [2.05, 4.69) is 5.32 Å². The van der Waals surface area contributed by atoms with Crippen molar-refractivity contribution in [1.82, 2.24) is 5.32 Å². The number of amides is 1. The highest BCUT2D eigenvalue weighted by Gasteiger charge is 2.38. The van der Waals surface area contributed by atoms with Crippen LogP contribution < -0.4 is 5.32 Å². The third-order valence-electron chi connectivity index (χ3n) is 2.62. The molecule has 1 fully saturated rings. The minimum atomic E-state index is -0.361. The maximum absolute atomic E-state index is 11.4. The summed E-state index contributed by atoms with van der Waals surface area (Å²) in [7, 11) is 0. The summed E-state index contributed by atoms with van der Waals surface area (Å²) in [5.74, 6) is 0. The molecule has 1 N–H and O–H groups in total. The zero-order valence-electron chi connectivity index (χ0n) is 9.29. The Morgan fingerprint density at radius 3 is 2.71 bits per heavy atom. The second-order valence-corrected chi connectivity index (χ2v) is 4.26. The molecule has 0 aromatic heterocycles. The normalized spacial score (nSPS) is 31.9. The van der Waals surface area contributed by atoms with Crippen LogP contribution in [0.3, 0.4) is 0 Å². The van der Waals surface area contributed by atoms with E-state index in [4.69, 9.17) is 9.47 Å². The molecule has 4 heteroatoms. The van der Waals surface area contributed by atoms with E-state index in [1.54, 1.807) is 0 Å². The molecule has 4 nitrogen and oxygen atoms in total. The maximum atomic E-state index is 11.4. The molecule has 0 aromatic carbocycles. The van der Waals surface area contributed by atoms with Crippen LogP contribution >= 0.6 is 0 Å². The van der Waals surface area contributed by atoms with E-state index in [-0.39, 0.29) is 23.8 Å². The Kier molecular flexibility index (Phi) is 3.37. The Labute approximate surface area is 85.0 Å². The predicted octanol–water partition coefficient (Wildman–Crippen LogP) is 1.69. The first kappa shape index (κ1) is 11.3. The average molecular weight is 201 g/mol. The lowest BCUT2D eigenvalue weighted by molar-refractivity contribution is 0.0723. The Morgan fingerprint density at radius 2 is 2.29 bits per heavy atom. The van der Waals surface area contributed by atoms with Crippen LogP contribution in [0.4, 0.5) is 4.79 Å². The van der Waals surface area contributed by atoms with E-state index in [0.29, 0.717) is 6.61 Å². The number of carbonyl (C=O) groups excluding carboxylic acids is 1. The second kappa shape index (κ2) is 4.17. The maximum Gasteiger partial charge on any atom is 0.407 e. The summed E-state index contributed by atoms with van der Waals surface area (Å²) in [6, 6.07) is 0. The lowest BCUT2D eigenvalue weighted by Crippen LogP contribution is -2.51. The number of hydrogen-bond acceptors (Lipinski definition) is 3. The summed E-state index contributed by atoms with van der Waals surface area (Å²) in [5.41, 5.74) is -0.286. The van der Waals surface area contributed by atoms with Gasteiger partial charge in [0.2, 0.25) is 0 Å². The summed E-state index contributed by atoms with van der Waals surface area (Å²) in [6.45, 7) is 8.29. The smallest absolute Gasteiger partial charge is 0.407 e. The first-order valence-corrected chi connectivity index (χ1v) is 5.04. The van der Waals surface area contributed by atoms with Gasteiger partial charge in [0.1, 0.15) is 0 Å². The van der Waals surface area contributed by atoms with Gasteiger partial charge in [-0.2, -0.15) is 0 Å². The molecule has 1 amide bonds. The highest BCUT2D eigenvalue weighted by molar-refractivity contribution is 5.68. The van der Waals surface area contributed by atoms with Gasteiger partial charge in [-0.25, -0.2) is 4.79 Å². The summed E-state index contributed by atoms with van der Waals surface area (Å²) < 4.78 is 10.4. The van der Waals surface area contributed by atoms with Crippen molar-refractivity contribution in [2.75, 3.05) is 6.61 Å². The summed E-state index contributed by atoms with van der Waals surface area (Å²) >= 11 is 0. The fourth-order valence-corrected chi connectivity index (χ4v) is 1.48.